The molecule has 1 heterocycles. The van der Waals surface area contributed by atoms with Gasteiger partial charge in [0.05, 0.1) is 16.5 Å². The lowest BCUT2D eigenvalue weighted by atomic mass is 10.2. The first-order chi connectivity index (χ1) is 12.4. The number of aryl methyl sites for hydroxylation is 1. The summed E-state index contributed by atoms with van der Waals surface area (Å²) in [6, 6.07) is 12.1. The fourth-order valence-corrected chi connectivity index (χ4v) is 3.40. The number of phenolic OH excluding ortho intramolecular Hbond substituents is 1. The van der Waals surface area contributed by atoms with Crippen molar-refractivity contribution in [2.45, 2.75) is 6.92 Å². The Balaban J connectivity index is 1.63. The molecule has 1 aliphatic rings. The van der Waals surface area contributed by atoms with E-state index in [1.807, 2.05) is 31.2 Å². The van der Waals surface area contributed by atoms with Crippen LogP contribution in [0.2, 0.25) is 5.02 Å². The predicted molar refractivity (Wildman–Crippen MR) is 102 cm³/mol. The van der Waals surface area contributed by atoms with Gasteiger partial charge in [0.25, 0.3) is 11.1 Å². The molecule has 2 aromatic rings. The summed E-state index contributed by atoms with van der Waals surface area (Å²) >= 11 is 6.74. The molecule has 0 aromatic heterocycles. The maximum absolute atomic E-state index is 12.4. The number of amides is 2. The van der Waals surface area contributed by atoms with Gasteiger partial charge in [0.1, 0.15) is 18.1 Å². The van der Waals surface area contributed by atoms with Crippen LogP contribution in [0.1, 0.15) is 11.1 Å². The highest BCUT2D eigenvalue weighted by atomic mass is 35.5. The molecule has 1 aliphatic heterocycles. The fourth-order valence-electron chi connectivity index (χ4n) is 2.35. The molecule has 1 N–H and O–H groups in total. The molecular formula is C19H16ClNO4S. The molecule has 134 valence electrons. The van der Waals surface area contributed by atoms with E-state index in [1.165, 1.54) is 12.1 Å². The number of hydrogen-bond acceptors (Lipinski definition) is 5. The third-order valence-corrected chi connectivity index (χ3v) is 4.96. The average molecular weight is 390 g/mol. The summed E-state index contributed by atoms with van der Waals surface area (Å²) in [7, 11) is 0. The normalized spacial score (nSPS) is 15.8. The standard InChI is InChI=1S/C19H16ClNO4S/c1-12-2-5-14(6-3-12)25-9-8-21-18(23)17(26-19(21)24)11-13-4-7-16(22)15(20)10-13/h2-7,10-11,22H,8-9H2,1H3/b17-11-. The predicted octanol–water partition coefficient (Wildman–Crippen LogP) is 4.47. The van der Waals surface area contributed by atoms with Crippen molar-refractivity contribution in [2.75, 3.05) is 13.2 Å². The minimum absolute atomic E-state index is 0.0369. The smallest absolute Gasteiger partial charge is 0.293 e. The molecule has 1 fully saturated rings. The van der Waals surface area contributed by atoms with Gasteiger partial charge in [-0.1, -0.05) is 35.4 Å². The van der Waals surface area contributed by atoms with Crippen LogP contribution in [-0.4, -0.2) is 34.3 Å². The largest absolute Gasteiger partial charge is 0.506 e. The number of benzene rings is 2. The number of carbonyl (C=O) groups is 2. The summed E-state index contributed by atoms with van der Waals surface area (Å²) in [5, 5.41) is 9.30. The SMILES string of the molecule is Cc1ccc(OCCN2C(=O)S/C(=C\c3ccc(O)c(Cl)c3)C2=O)cc1. The molecule has 0 spiro atoms. The third-order valence-electron chi connectivity index (χ3n) is 3.75. The number of hydrogen-bond donors (Lipinski definition) is 1. The highest BCUT2D eigenvalue weighted by Gasteiger charge is 2.34. The Morgan fingerprint density at radius 3 is 2.62 bits per heavy atom. The molecule has 0 atom stereocenters. The van der Waals surface area contributed by atoms with E-state index in [1.54, 1.807) is 12.1 Å². The molecule has 0 bridgehead atoms. The second-order valence-electron chi connectivity index (χ2n) is 5.71. The van der Waals surface area contributed by atoms with Crippen molar-refractivity contribution in [1.82, 2.24) is 4.90 Å². The Labute approximate surface area is 160 Å². The summed E-state index contributed by atoms with van der Waals surface area (Å²) in [4.78, 5) is 26.0. The topological polar surface area (TPSA) is 66.8 Å². The summed E-state index contributed by atoms with van der Waals surface area (Å²) in [6.07, 6.45) is 1.58. The fraction of sp³-hybridized carbons (Fsp3) is 0.158. The summed E-state index contributed by atoms with van der Waals surface area (Å²) < 4.78 is 5.58. The van der Waals surface area contributed by atoms with E-state index in [2.05, 4.69) is 0 Å². The van der Waals surface area contributed by atoms with Crippen molar-refractivity contribution < 1.29 is 19.4 Å². The average Bonchev–Trinajstić information content (AvgIpc) is 2.87. The molecule has 0 saturated carbocycles. The molecule has 0 unspecified atom stereocenters. The van der Waals surface area contributed by atoms with Crippen molar-refractivity contribution in [3.05, 3.63) is 63.5 Å². The second-order valence-corrected chi connectivity index (χ2v) is 7.11. The number of phenols is 1. The van der Waals surface area contributed by atoms with Gasteiger partial charge < -0.3 is 9.84 Å². The van der Waals surface area contributed by atoms with E-state index < -0.39 is 0 Å². The van der Waals surface area contributed by atoms with E-state index in [-0.39, 0.29) is 35.1 Å². The molecule has 0 aliphatic carbocycles. The van der Waals surface area contributed by atoms with E-state index in [9.17, 15) is 14.7 Å². The molecule has 2 amide bonds. The van der Waals surface area contributed by atoms with Gasteiger partial charge in [-0.25, -0.2) is 0 Å². The number of aromatic hydroxyl groups is 1. The van der Waals surface area contributed by atoms with Crippen LogP contribution in [0.25, 0.3) is 6.08 Å². The number of ether oxygens (including phenoxy) is 1. The number of imide groups is 1. The van der Waals surface area contributed by atoms with Crippen molar-refractivity contribution in [3.8, 4) is 11.5 Å². The van der Waals surface area contributed by atoms with Gasteiger partial charge >= 0.3 is 0 Å². The van der Waals surface area contributed by atoms with Crippen LogP contribution in [-0.2, 0) is 4.79 Å². The summed E-state index contributed by atoms with van der Waals surface area (Å²) in [6.45, 7) is 2.38. The Morgan fingerprint density at radius 1 is 1.19 bits per heavy atom. The van der Waals surface area contributed by atoms with Crippen LogP contribution in [0.4, 0.5) is 4.79 Å². The molecule has 5 nitrogen and oxygen atoms in total. The maximum Gasteiger partial charge on any atom is 0.293 e. The molecule has 0 radical (unpaired) electrons. The lowest BCUT2D eigenvalue weighted by molar-refractivity contribution is -0.123. The van der Waals surface area contributed by atoms with E-state index in [0.717, 1.165) is 22.2 Å². The lowest BCUT2D eigenvalue weighted by Crippen LogP contribution is -2.32. The molecule has 1 saturated heterocycles. The van der Waals surface area contributed by atoms with Gasteiger partial charge in [-0.2, -0.15) is 0 Å². The van der Waals surface area contributed by atoms with E-state index >= 15 is 0 Å². The second kappa shape index (κ2) is 7.85. The monoisotopic (exact) mass is 389 g/mol. The van der Waals surface area contributed by atoms with Crippen molar-refractivity contribution in [3.63, 3.8) is 0 Å². The first kappa shape index (κ1) is 18.4. The van der Waals surface area contributed by atoms with Crippen molar-refractivity contribution >= 4 is 40.6 Å². The van der Waals surface area contributed by atoms with E-state index in [0.29, 0.717) is 16.2 Å². The summed E-state index contributed by atoms with van der Waals surface area (Å²) in [5.41, 5.74) is 1.76. The minimum atomic E-state index is -0.364. The van der Waals surface area contributed by atoms with Gasteiger partial charge in [-0.05, 0) is 54.6 Å². The van der Waals surface area contributed by atoms with Crippen molar-refractivity contribution in [2.24, 2.45) is 0 Å². The molecule has 7 heteroatoms. The quantitative estimate of drug-likeness (QED) is 0.764. The first-order valence-electron chi connectivity index (χ1n) is 7.87. The van der Waals surface area contributed by atoms with Gasteiger partial charge in [-0.15, -0.1) is 0 Å². The highest BCUT2D eigenvalue weighted by Crippen LogP contribution is 2.33. The Kier molecular flexibility index (Phi) is 5.54. The molecule has 3 rings (SSSR count). The summed E-state index contributed by atoms with van der Waals surface area (Å²) in [5.74, 6) is 0.290. The molecular weight excluding hydrogens is 374 g/mol. The zero-order valence-corrected chi connectivity index (χ0v) is 15.5. The van der Waals surface area contributed by atoms with Gasteiger partial charge in [0, 0.05) is 0 Å². The van der Waals surface area contributed by atoms with Crippen molar-refractivity contribution in [1.29, 1.82) is 0 Å². The van der Waals surface area contributed by atoms with Crippen LogP contribution in [0, 0.1) is 6.92 Å². The first-order valence-corrected chi connectivity index (χ1v) is 9.07. The van der Waals surface area contributed by atoms with Crippen LogP contribution in [0.3, 0.4) is 0 Å². The maximum atomic E-state index is 12.4. The lowest BCUT2D eigenvalue weighted by Gasteiger charge is -2.13. The van der Waals surface area contributed by atoms with Crippen LogP contribution < -0.4 is 4.74 Å². The molecule has 2 aromatic carbocycles. The van der Waals surface area contributed by atoms with E-state index in [4.69, 9.17) is 16.3 Å². The Hall–Kier alpha value is -2.44. The Bertz CT molecular complexity index is 880. The van der Waals surface area contributed by atoms with Gasteiger partial charge in [-0.3, -0.25) is 14.5 Å². The number of nitrogens with zero attached hydrogens (tertiary/aromatic N) is 1. The number of thioether (sulfide) groups is 1. The van der Waals surface area contributed by atoms with Crippen LogP contribution in [0.5, 0.6) is 11.5 Å². The third kappa shape index (κ3) is 4.20. The van der Waals surface area contributed by atoms with Crippen LogP contribution in [0.15, 0.2) is 47.4 Å². The minimum Gasteiger partial charge on any atom is -0.506 e. The Morgan fingerprint density at radius 2 is 1.92 bits per heavy atom. The van der Waals surface area contributed by atoms with Gasteiger partial charge in [0.2, 0.25) is 0 Å². The van der Waals surface area contributed by atoms with Gasteiger partial charge in [0.15, 0.2) is 0 Å². The highest BCUT2D eigenvalue weighted by molar-refractivity contribution is 8.18. The number of rotatable bonds is 5. The number of carbonyl (C=O) groups excluding carboxylic acids is 2. The zero-order valence-electron chi connectivity index (χ0n) is 13.9. The van der Waals surface area contributed by atoms with Crippen LogP contribution >= 0.6 is 23.4 Å². The zero-order chi connectivity index (χ0) is 18.7. The number of halogens is 1. The molecule has 26 heavy (non-hydrogen) atoms.